The number of nitrogens with two attached hydrogens (primary N) is 1. The van der Waals surface area contributed by atoms with E-state index < -0.39 is 0 Å². The third-order valence-electron chi connectivity index (χ3n) is 2.93. The van der Waals surface area contributed by atoms with Gasteiger partial charge in [0.05, 0.1) is 0 Å². The fourth-order valence-electron chi connectivity index (χ4n) is 2.00. The van der Waals surface area contributed by atoms with Gasteiger partial charge in [0, 0.05) is 5.69 Å². The molecular formula is C16H18N3. The monoisotopic (exact) mass is 252 g/mol. The van der Waals surface area contributed by atoms with Gasteiger partial charge in [-0.15, -0.1) is 0 Å². The minimum atomic E-state index is -0.0446. The Morgan fingerprint density at radius 1 is 1.16 bits per heavy atom. The number of nitrogens with one attached hydrogen (secondary N) is 2. The van der Waals surface area contributed by atoms with Crippen LogP contribution >= 0.6 is 0 Å². The van der Waals surface area contributed by atoms with Crippen LogP contribution in [0.15, 0.2) is 54.6 Å². The lowest BCUT2D eigenvalue weighted by Crippen LogP contribution is -2.20. The molecule has 3 heteroatoms. The molecule has 0 saturated carbocycles. The van der Waals surface area contributed by atoms with Gasteiger partial charge >= 0.3 is 0 Å². The first-order valence-electron chi connectivity index (χ1n) is 6.26. The maximum atomic E-state index is 7.25. The molecular weight excluding hydrogens is 234 g/mol. The van der Waals surface area contributed by atoms with Crippen LogP contribution in [-0.2, 0) is 0 Å². The molecule has 2 aromatic carbocycles. The molecule has 0 aliphatic heterocycles. The molecule has 2 rings (SSSR count). The van der Waals surface area contributed by atoms with E-state index >= 15 is 0 Å². The maximum Gasteiger partial charge on any atom is 0.190 e. The largest absolute Gasteiger partial charge is 0.370 e. The third-order valence-corrected chi connectivity index (χ3v) is 2.93. The van der Waals surface area contributed by atoms with Crippen molar-refractivity contribution in [1.82, 2.24) is 0 Å². The van der Waals surface area contributed by atoms with E-state index in [-0.39, 0.29) is 5.96 Å². The van der Waals surface area contributed by atoms with Crippen LogP contribution in [0.4, 0.5) is 5.69 Å². The summed E-state index contributed by atoms with van der Waals surface area (Å²) in [6, 6.07) is 18.2. The molecule has 0 aromatic heterocycles. The molecule has 3 nitrogen and oxygen atoms in total. The highest BCUT2D eigenvalue weighted by Gasteiger charge is 2.07. The number of benzene rings is 2. The molecule has 19 heavy (non-hydrogen) atoms. The summed E-state index contributed by atoms with van der Waals surface area (Å²) < 4.78 is 0. The summed E-state index contributed by atoms with van der Waals surface area (Å²) in [7, 11) is 0. The average molecular weight is 252 g/mol. The highest BCUT2D eigenvalue weighted by Crippen LogP contribution is 2.24. The molecule has 0 spiro atoms. The number of guanidine groups is 1. The van der Waals surface area contributed by atoms with Gasteiger partial charge in [0.15, 0.2) is 5.96 Å². The van der Waals surface area contributed by atoms with Crippen molar-refractivity contribution >= 4 is 11.6 Å². The van der Waals surface area contributed by atoms with Crippen LogP contribution in [0.3, 0.4) is 0 Å². The summed E-state index contributed by atoms with van der Waals surface area (Å²) in [5.74, 6) is 0.257. The second kappa shape index (κ2) is 6.05. The lowest BCUT2D eigenvalue weighted by Gasteiger charge is -2.13. The number of rotatable bonds is 4. The Hall–Kier alpha value is -2.29. The minimum Gasteiger partial charge on any atom is -0.370 e. The summed E-state index contributed by atoms with van der Waals surface area (Å²) in [6.45, 7) is 2.15. The second-order valence-electron chi connectivity index (χ2n) is 4.53. The first-order chi connectivity index (χ1) is 9.15. The molecule has 0 saturated heterocycles. The Kier molecular flexibility index (Phi) is 4.18. The summed E-state index contributed by atoms with van der Waals surface area (Å²) in [4.78, 5) is 0. The standard InChI is InChI=1S/C16H18N3/c1-12(10-13-6-3-2-4-7-13)14-8-5-9-15(11-14)19-16(17)18/h2-12H,1H3,(H4,17,18,19). The maximum absolute atomic E-state index is 7.25. The van der Waals surface area contributed by atoms with Crippen molar-refractivity contribution in [2.24, 2.45) is 5.73 Å². The zero-order valence-corrected chi connectivity index (χ0v) is 10.9. The number of anilines is 1. The van der Waals surface area contributed by atoms with E-state index in [9.17, 15) is 0 Å². The van der Waals surface area contributed by atoms with Crippen LogP contribution in [0.25, 0.3) is 0 Å². The molecule has 0 heterocycles. The molecule has 1 unspecified atom stereocenters. The van der Waals surface area contributed by atoms with Crippen LogP contribution < -0.4 is 11.1 Å². The zero-order valence-electron chi connectivity index (χ0n) is 10.9. The van der Waals surface area contributed by atoms with E-state index in [1.165, 1.54) is 11.1 Å². The fourth-order valence-corrected chi connectivity index (χ4v) is 2.00. The van der Waals surface area contributed by atoms with Crippen LogP contribution in [0, 0.1) is 11.8 Å². The summed E-state index contributed by atoms with van der Waals surface area (Å²) >= 11 is 0. The van der Waals surface area contributed by atoms with Crippen molar-refractivity contribution in [1.29, 1.82) is 5.41 Å². The SMILES string of the molecule is CC([CH]c1ccccc1)c1cccc(NC(=N)N)c1. The lowest BCUT2D eigenvalue weighted by atomic mass is 9.93. The average Bonchev–Trinajstić information content (AvgIpc) is 2.39. The Bertz CT molecular complexity index is 549. The van der Waals surface area contributed by atoms with Crippen LogP contribution in [0.5, 0.6) is 0 Å². The molecule has 0 aliphatic rings. The van der Waals surface area contributed by atoms with Crippen molar-refractivity contribution in [3.63, 3.8) is 0 Å². The van der Waals surface area contributed by atoms with E-state index in [1.54, 1.807) is 0 Å². The van der Waals surface area contributed by atoms with Crippen molar-refractivity contribution < 1.29 is 0 Å². The Balaban J connectivity index is 2.10. The van der Waals surface area contributed by atoms with Gasteiger partial charge in [-0.1, -0.05) is 49.4 Å². The topological polar surface area (TPSA) is 61.9 Å². The summed E-state index contributed by atoms with van der Waals surface area (Å²) in [6.07, 6.45) is 2.22. The highest BCUT2D eigenvalue weighted by molar-refractivity contribution is 5.89. The number of hydrogen-bond donors (Lipinski definition) is 3. The second-order valence-corrected chi connectivity index (χ2v) is 4.53. The number of hydrogen-bond acceptors (Lipinski definition) is 1. The first-order valence-corrected chi connectivity index (χ1v) is 6.26. The molecule has 0 aliphatic carbocycles. The minimum absolute atomic E-state index is 0.0446. The van der Waals surface area contributed by atoms with Crippen LogP contribution in [-0.4, -0.2) is 5.96 Å². The molecule has 0 fully saturated rings. The van der Waals surface area contributed by atoms with Crippen molar-refractivity contribution in [2.75, 3.05) is 5.32 Å². The van der Waals surface area contributed by atoms with Gasteiger partial charge in [0.25, 0.3) is 0 Å². The molecule has 1 radical (unpaired) electrons. The smallest absolute Gasteiger partial charge is 0.190 e. The van der Waals surface area contributed by atoms with Gasteiger partial charge in [-0.3, -0.25) is 5.41 Å². The van der Waals surface area contributed by atoms with Crippen LogP contribution in [0.2, 0.25) is 0 Å². The molecule has 0 amide bonds. The van der Waals surface area contributed by atoms with Gasteiger partial charge in [0.1, 0.15) is 0 Å². The predicted octanol–water partition coefficient (Wildman–Crippen LogP) is 3.35. The molecule has 1 atom stereocenters. The molecule has 0 bridgehead atoms. The van der Waals surface area contributed by atoms with E-state index in [0.29, 0.717) is 5.92 Å². The van der Waals surface area contributed by atoms with Gasteiger partial charge in [-0.05, 0) is 35.6 Å². The summed E-state index contributed by atoms with van der Waals surface area (Å²) in [5, 5.41) is 10.1. The van der Waals surface area contributed by atoms with E-state index in [4.69, 9.17) is 11.1 Å². The van der Waals surface area contributed by atoms with Gasteiger partial charge < -0.3 is 11.1 Å². The van der Waals surface area contributed by atoms with Gasteiger partial charge in [-0.25, -0.2) is 0 Å². The summed E-state index contributed by atoms with van der Waals surface area (Å²) in [5.41, 5.74) is 8.58. The Labute approximate surface area is 114 Å². The normalized spacial score (nSPS) is 11.8. The zero-order chi connectivity index (χ0) is 13.7. The highest BCUT2D eigenvalue weighted by atomic mass is 15.0. The quantitative estimate of drug-likeness (QED) is 0.577. The van der Waals surface area contributed by atoms with Gasteiger partial charge in [0.2, 0.25) is 0 Å². The van der Waals surface area contributed by atoms with Crippen molar-refractivity contribution in [2.45, 2.75) is 12.8 Å². The predicted molar refractivity (Wildman–Crippen MR) is 80.2 cm³/mol. The van der Waals surface area contributed by atoms with Crippen molar-refractivity contribution in [3.8, 4) is 0 Å². The van der Waals surface area contributed by atoms with Crippen LogP contribution in [0.1, 0.15) is 24.0 Å². The lowest BCUT2D eigenvalue weighted by molar-refractivity contribution is 0.905. The van der Waals surface area contributed by atoms with Crippen molar-refractivity contribution in [3.05, 3.63) is 72.1 Å². The molecule has 2 aromatic rings. The van der Waals surface area contributed by atoms with E-state index in [1.807, 2.05) is 36.4 Å². The third kappa shape index (κ3) is 3.85. The van der Waals surface area contributed by atoms with E-state index in [2.05, 4.69) is 36.9 Å². The first kappa shape index (κ1) is 13.1. The van der Waals surface area contributed by atoms with E-state index in [0.717, 1.165) is 5.69 Å². The molecule has 4 N–H and O–H groups in total. The fraction of sp³-hybridized carbons (Fsp3) is 0.125. The Morgan fingerprint density at radius 2 is 1.89 bits per heavy atom. The molecule has 97 valence electrons. The Morgan fingerprint density at radius 3 is 2.58 bits per heavy atom. The van der Waals surface area contributed by atoms with Gasteiger partial charge in [-0.2, -0.15) is 0 Å².